The van der Waals surface area contributed by atoms with Crippen LogP contribution in [0.1, 0.15) is 18.9 Å². The van der Waals surface area contributed by atoms with E-state index in [0.29, 0.717) is 13.0 Å². The number of aromatic nitrogens is 1. The highest BCUT2D eigenvalue weighted by Gasteiger charge is 2.34. The lowest BCUT2D eigenvalue weighted by molar-refractivity contribution is -0.143. The Balaban J connectivity index is 3.06. The van der Waals surface area contributed by atoms with Crippen LogP contribution in [0.2, 0.25) is 0 Å². The highest BCUT2D eigenvalue weighted by molar-refractivity contribution is 5.80. The quantitative estimate of drug-likeness (QED) is 0.742. The second kappa shape index (κ2) is 4.19. The molecule has 4 heteroatoms. The summed E-state index contributed by atoms with van der Waals surface area (Å²) in [4.78, 5) is 15.0. The number of carbonyl (C=O) groups is 1. The second-order valence-corrected chi connectivity index (χ2v) is 3.41. The van der Waals surface area contributed by atoms with Gasteiger partial charge in [0.25, 0.3) is 0 Å². The zero-order valence-electron chi connectivity index (χ0n) is 8.10. The Morgan fingerprint density at radius 2 is 2.14 bits per heavy atom. The lowest BCUT2D eigenvalue weighted by atomic mass is 9.80. The first kappa shape index (κ1) is 10.7. The molecule has 0 aliphatic rings. The number of carboxylic acids is 1. The van der Waals surface area contributed by atoms with Crippen molar-refractivity contribution in [2.75, 3.05) is 6.54 Å². The number of hydrogen-bond acceptors (Lipinski definition) is 3. The van der Waals surface area contributed by atoms with Crippen LogP contribution in [0.5, 0.6) is 0 Å². The molecule has 4 nitrogen and oxygen atoms in total. The van der Waals surface area contributed by atoms with Gasteiger partial charge in [-0.1, -0.05) is 0 Å². The maximum atomic E-state index is 11.1. The molecule has 0 bridgehead atoms. The topological polar surface area (TPSA) is 76.2 Å². The molecule has 0 amide bonds. The van der Waals surface area contributed by atoms with Crippen LogP contribution >= 0.6 is 0 Å². The Morgan fingerprint density at radius 3 is 2.57 bits per heavy atom. The van der Waals surface area contributed by atoms with E-state index in [1.54, 1.807) is 31.5 Å². The first-order valence-corrected chi connectivity index (χ1v) is 4.45. The molecular weight excluding hydrogens is 180 g/mol. The number of hydrogen-bond donors (Lipinski definition) is 2. The second-order valence-electron chi connectivity index (χ2n) is 3.41. The van der Waals surface area contributed by atoms with Gasteiger partial charge in [-0.15, -0.1) is 0 Å². The van der Waals surface area contributed by atoms with Crippen LogP contribution in [0.25, 0.3) is 0 Å². The summed E-state index contributed by atoms with van der Waals surface area (Å²) in [5.41, 5.74) is 5.25. The van der Waals surface area contributed by atoms with Crippen LogP contribution in [-0.2, 0) is 10.2 Å². The number of carboxylic acid groups (broad SMARTS) is 1. The SMILES string of the molecule is CC(CCN)(C(=O)O)c1ccncc1. The molecule has 0 radical (unpaired) electrons. The summed E-state index contributed by atoms with van der Waals surface area (Å²) < 4.78 is 0. The van der Waals surface area contributed by atoms with Crippen molar-refractivity contribution in [1.29, 1.82) is 0 Å². The Hall–Kier alpha value is -1.42. The van der Waals surface area contributed by atoms with Crippen molar-refractivity contribution in [1.82, 2.24) is 4.98 Å². The Kier molecular flexibility index (Phi) is 3.19. The molecule has 0 aliphatic heterocycles. The molecule has 0 aliphatic carbocycles. The van der Waals surface area contributed by atoms with Crippen LogP contribution in [0.3, 0.4) is 0 Å². The van der Waals surface area contributed by atoms with E-state index in [-0.39, 0.29) is 0 Å². The van der Waals surface area contributed by atoms with Gasteiger partial charge in [-0.2, -0.15) is 0 Å². The summed E-state index contributed by atoms with van der Waals surface area (Å²) >= 11 is 0. The number of nitrogens with two attached hydrogens (primary N) is 1. The fraction of sp³-hybridized carbons (Fsp3) is 0.400. The van der Waals surface area contributed by atoms with Gasteiger partial charge in [0, 0.05) is 12.4 Å². The van der Waals surface area contributed by atoms with Gasteiger partial charge >= 0.3 is 5.97 Å². The lowest BCUT2D eigenvalue weighted by Gasteiger charge is -2.24. The number of rotatable bonds is 4. The summed E-state index contributed by atoms with van der Waals surface area (Å²) in [5, 5.41) is 9.14. The average Bonchev–Trinajstić information content (AvgIpc) is 2.19. The van der Waals surface area contributed by atoms with E-state index in [9.17, 15) is 4.79 Å². The van der Waals surface area contributed by atoms with Gasteiger partial charge in [-0.25, -0.2) is 0 Å². The van der Waals surface area contributed by atoms with Crippen molar-refractivity contribution < 1.29 is 9.90 Å². The van der Waals surface area contributed by atoms with Crippen LogP contribution in [0.4, 0.5) is 0 Å². The van der Waals surface area contributed by atoms with Gasteiger partial charge in [-0.3, -0.25) is 9.78 Å². The zero-order valence-corrected chi connectivity index (χ0v) is 8.10. The van der Waals surface area contributed by atoms with Gasteiger partial charge in [0.2, 0.25) is 0 Å². The molecule has 0 fully saturated rings. The Morgan fingerprint density at radius 1 is 1.57 bits per heavy atom. The summed E-state index contributed by atoms with van der Waals surface area (Å²) in [6.45, 7) is 2.03. The van der Waals surface area contributed by atoms with Gasteiger partial charge < -0.3 is 10.8 Å². The highest BCUT2D eigenvalue weighted by Crippen LogP contribution is 2.26. The van der Waals surface area contributed by atoms with Crippen molar-refractivity contribution in [2.24, 2.45) is 5.73 Å². The van der Waals surface area contributed by atoms with E-state index in [1.165, 1.54) is 0 Å². The molecule has 76 valence electrons. The van der Waals surface area contributed by atoms with Gasteiger partial charge in [0.1, 0.15) is 0 Å². The molecule has 1 aromatic heterocycles. The van der Waals surface area contributed by atoms with Gasteiger partial charge in [-0.05, 0) is 37.6 Å². The normalized spacial score (nSPS) is 14.7. The van der Waals surface area contributed by atoms with Gasteiger partial charge in [0.05, 0.1) is 5.41 Å². The third-order valence-corrected chi connectivity index (χ3v) is 2.43. The van der Waals surface area contributed by atoms with E-state index in [1.807, 2.05) is 0 Å². The molecule has 0 saturated heterocycles. The third kappa shape index (κ3) is 1.90. The number of pyridine rings is 1. The van der Waals surface area contributed by atoms with Crippen molar-refractivity contribution >= 4 is 5.97 Å². The third-order valence-electron chi connectivity index (χ3n) is 2.43. The summed E-state index contributed by atoms with van der Waals surface area (Å²) in [7, 11) is 0. The highest BCUT2D eigenvalue weighted by atomic mass is 16.4. The monoisotopic (exact) mass is 194 g/mol. The fourth-order valence-electron chi connectivity index (χ4n) is 1.38. The molecule has 14 heavy (non-hydrogen) atoms. The zero-order chi connectivity index (χ0) is 10.6. The Bertz CT molecular complexity index is 313. The molecule has 1 rings (SSSR count). The molecule has 1 aromatic rings. The van der Waals surface area contributed by atoms with E-state index < -0.39 is 11.4 Å². The van der Waals surface area contributed by atoms with E-state index in [2.05, 4.69) is 4.98 Å². The van der Waals surface area contributed by atoms with Crippen molar-refractivity contribution in [3.8, 4) is 0 Å². The summed E-state index contributed by atoms with van der Waals surface area (Å²) in [6.07, 6.45) is 3.60. The standard InChI is InChI=1S/C10H14N2O2/c1-10(4-5-11,9(13)14)8-2-6-12-7-3-8/h2-3,6-7H,4-5,11H2,1H3,(H,13,14). The van der Waals surface area contributed by atoms with Crippen LogP contribution in [-0.4, -0.2) is 22.6 Å². The van der Waals surface area contributed by atoms with Gasteiger partial charge in [0.15, 0.2) is 0 Å². The molecule has 0 aromatic carbocycles. The predicted octanol–water partition coefficient (Wildman–Crippen LogP) is 0.773. The minimum atomic E-state index is -0.905. The van der Waals surface area contributed by atoms with E-state index >= 15 is 0 Å². The molecule has 0 saturated carbocycles. The first-order chi connectivity index (χ1) is 6.61. The maximum Gasteiger partial charge on any atom is 0.313 e. The van der Waals surface area contributed by atoms with Crippen molar-refractivity contribution in [2.45, 2.75) is 18.8 Å². The fourth-order valence-corrected chi connectivity index (χ4v) is 1.38. The van der Waals surface area contributed by atoms with E-state index in [0.717, 1.165) is 5.56 Å². The molecule has 1 unspecified atom stereocenters. The predicted molar refractivity (Wildman–Crippen MR) is 52.9 cm³/mol. The van der Waals surface area contributed by atoms with Crippen LogP contribution in [0, 0.1) is 0 Å². The van der Waals surface area contributed by atoms with Crippen LogP contribution in [0.15, 0.2) is 24.5 Å². The molecule has 0 spiro atoms. The average molecular weight is 194 g/mol. The number of nitrogens with zero attached hydrogens (tertiary/aromatic N) is 1. The molecule has 1 atom stereocenters. The van der Waals surface area contributed by atoms with Crippen LogP contribution < -0.4 is 5.73 Å². The maximum absolute atomic E-state index is 11.1. The van der Waals surface area contributed by atoms with Crippen molar-refractivity contribution in [3.05, 3.63) is 30.1 Å². The summed E-state index contributed by atoms with van der Waals surface area (Å²) in [6, 6.07) is 3.42. The molecule has 3 N–H and O–H groups in total. The molecule has 1 heterocycles. The molecular formula is C10H14N2O2. The Labute approximate surface area is 82.8 Å². The smallest absolute Gasteiger partial charge is 0.313 e. The van der Waals surface area contributed by atoms with E-state index in [4.69, 9.17) is 10.8 Å². The minimum Gasteiger partial charge on any atom is -0.481 e. The summed E-state index contributed by atoms with van der Waals surface area (Å²) in [5.74, 6) is -0.853. The first-order valence-electron chi connectivity index (χ1n) is 4.45. The largest absolute Gasteiger partial charge is 0.481 e. The lowest BCUT2D eigenvalue weighted by Crippen LogP contribution is -2.34. The minimum absolute atomic E-state index is 0.352. The van der Waals surface area contributed by atoms with Crippen molar-refractivity contribution in [3.63, 3.8) is 0 Å². The number of aliphatic carboxylic acids is 1.